The molecule has 1 aliphatic heterocycles. The molecule has 1 amide bonds. The van der Waals surface area contributed by atoms with E-state index in [9.17, 15) is 4.79 Å². The van der Waals surface area contributed by atoms with E-state index in [1.165, 1.54) is 0 Å². The van der Waals surface area contributed by atoms with Crippen LogP contribution in [-0.4, -0.2) is 52.9 Å². The number of amides is 1. The molecule has 0 N–H and O–H groups in total. The van der Waals surface area contributed by atoms with E-state index in [0.717, 1.165) is 16.7 Å². The predicted octanol–water partition coefficient (Wildman–Crippen LogP) is 4.52. The fraction of sp³-hybridized carbons (Fsp3) is 0.296. The van der Waals surface area contributed by atoms with Gasteiger partial charge in [0.1, 0.15) is 5.75 Å². The molecule has 0 aromatic heterocycles. The van der Waals surface area contributed by atoms with Crippen molar-refractivity contribution >= 4 is 5.91 Å². The van der Waals surface area contributed by atoms with Crippen molar-refractivity contribution in [2.45, 2.75) is 12.5 Å². The average Bonchev–Trinajstić information content (AvgIpc) is 2.90. The molecule has 1 aliphatic rings. The van der Waals surface area contributed by atoms with Crippen LogP contribution in [0.25, 0.3) is 0 Å². The van der Waals surface area contributed by atoms with E-state index >= 15 is 0 Å². The maximum Gasteiger partial charge on any atom is 0.258 e. The number of carbonyl (C=O) groups excluding carboxylic acids is 1. The second kappa shape index (κ2) is 9.95. The zero-order valence-corrected chi connectivity index (χ0v) is 20.1. The van der Waals surface area contributed by atoms with Crippen LogP contribution < -0.4 is 23.7 Å². The molecule has 1 unspecified atom stereocenters. The standard InChI is InChI=1S/C27H29NO6/c1-30-21-9-7-6-8-19(21)27(29)28-13-12-17-14-24(33-4)25(34-5)16-20(17)26(28)18-10-11-22(31-2)23(15-18)32-3/h6-11,14-16,26H,12-13H2,1-5H3. The highest BCUT2D eigenvalue weighted by Crippen LogP contribution is 2.43. The largest absolute Gasteiger partial charge is 0.496 e. The Morgan fingerprint density at radius 2 is 1.35 bits per heavy atom. The molecule has 0 fully saturated rings. The lowest BCUT2D eigenvalue weighted by atomic mass is 9.87. The third-order valence-corrected chi connectivity index (χ3v) is 6.20. The highest BCUT2D eigenvalue weighted by atomic mass is 16.5. The fourth-order valence-electron chi connectivity index (χ4n) is 4.52. The number of rotatable bonds is 7. The van der Waals surface area contributed by atoms with Crippen molar-refractivity contribution in [3.05, 3.63) is 76.9 Å². The smallest absolute Gasteiger partial charge is 0.258 e. The lowest BCUT2D eigenvalue weighted by Gasteiger charge is -2.38. The molecule has 0 saturated carbocycles. The third-order valence-electron chi connectivity index (χ3n) is 6.20. The van der Waals surface area contributed by atoms with Crippen molar-refractivity contribution in [3.8, 4) is 28.7 Å². The minimum absolute atomic E-state index is 0.113. The topological polar surface area (TPSA) is 66.5 Å². The van der Waals surface area contributed by atoms with Gasteiger partial charge >= 0.3 is 0 Å². The van der Waals surface area contributed by atoms with Crippen LogP contribution in [0.4, 0.5) is 0 Å². The van der Waals surface area contributed by atoms with Crippen molar-refractivity contribution in [2.75, 3.05) is 42.1 Å². The van der Waals surface area contributed by atoms with E-state index in [2.05, 4.69) is 0 Å². The predicted molar refractivity (Wildman–Crippen MR) is 129 cm³/mol. The van der Waals surface area contributed by atoms with Gasteiger partial charge in [-0.3, -0.25) is 4.79 Å². The summed E-state index contributed by atoms with van der Waals surface area (Å²) in [5.74, 6) is 2.92. The van der Waals surface area contributed by atoms with Gasteiger partial charge in [0.2, 0.25) is 0 Å². The first-order valence-electron chi connectivity index (χ1n) is 11.0. The van der Waals surface area contributed by atoms with Crippen LogP contribution in [0, 0.1) is 0 Å². The van der Waals surface area contributed by atoms with Crippen LogP contribution in [0.15, 0.2) is 54.6 Å². The van der Waals surface area contributed by atoms with E-state index in [1.54, 1.807) is 47.7 Å². The molecule has 0 saturated heterocycles. The minimum atomic E-state index is -0.374. The van der Waals surface area contributed by atoms with Crippen molar-refractivity contribution < 1.29 is 28.5 Å². The van der Waals surface area contributed by atoms with Gasteiger partial charge in [-0.2, -0.15) is 0 Å². The monoisotopic (exact) mass is 463 g/mol. The van der Waals surface area contributed by atoms with E-state index in [-0.39, 0.29) is 11.9 Å². The Hall–Kier alpha value is -3.87. The Morgan fingerprint density at radius 3 is 2.03 bits per heavy atom. The highest BCUT2D eigenvalue weighted by molar-refractivity contribution is 5.97. The first-order valence-corrected chi connectivity index (χ1v) is 11.0. The number of carbonyl (C=O) groups is 1. The van der Waals surface area contributed by atoms with E-state index in [0.29, 0.717) is 47.3 Å². The van der Waals surface area contributed by atoms with Crippen molar-refractivity contribution in [1.29, 1.82) is 0 Å². The number of hydrogen-bond donors (Lipinski definition) is 0. The van der Waals surface area contributed by atoms with Gasteiger partial charge in [0.15, 0.2) is 23.0 Å². The van der Waals surface area contributed by atoms with Crippen LogP contribution in [0.3, 0.4) is 0 Å². The number of nitrogens with zero attached hydrogens (tertiary/aromatic N) is 1. The summed E-state index contributed by atoms with van der Waals surface area (Å²) in [6.45, 7) is 0.526. The van der Waals surface area contributed by atoms with Crippen molar-refractivity contribution in [1.82, 2.24) is 4.90 Å². The van der Waals surface area contributed by atoms with Gasteiger partial charge in [0.25, 0.3) is 5.91 Å². The van der Waals surface area contributed by atoms with Crippen molar-refractivity contribution in [3.63, 3.8) is 0 Å². The molecule has 3 aromatic carbocycles. The summed E-state index contributed by atoms with van der Waals surface area (Å²) in [5, 5.41) is 0. The summed E-state index contributed by atoms with van der Waals surface area (Å²) in [4.78, 5) is 15.7. The molecule has 1 atom stereocenters. The number of para-hydroxylation sites is 1. The maximum absolute atomic E-state index is 13.9. The van der Waals surface area contributed by atoms with Gasteiger partial charge in [-0.1, -0.05) is 18.2 Å². The minimum Gasteiger partial charge on any atom is -0.496 e. The van der Waals surface area contributed by atoms with Crippen LogP contribution >= 0.6 is 0 Å². The number of fused-ring (bicyclic) bond motifs is 1. The van der Waals surface area contributed by atoms with Crippen LogP contribution in [0.2, 0.25) is 0 Å². The molecule has 1 heterocycles. The molecule has 178 valence electrons. The Bertz CT molecular complexity index is 1190. The second-order valence-corrected chi connectivity index (χ2v) is 7.87. The molecule has 34 heavy (non-hydrogen) atoms. The average molecular weight is 464 g/mol. The fourth-order valence-corrected chi connectivity index (χ4v) is 4.52. The first-order chi connectivity index (χ1) is 16.6. The van der Waals surface area contributed by atoms with Crippen LogP contribution in [0.1, 0.15) is 33.1 Å². The molecule has 0 spiro atoms. The van der Waals surface area contributed by atoms with Crippen molar-refractivity contribution in [2.24, 2.45) is 0 Å². The van der Waals surface area contributed by atoms with Crippen LogP contribution in [-0.2, 0) is 6.42 Å². The number of hydrogen-bond acceptors (Lipinski definition) is 6. The summed E-state index contributed by atoms with van der Waals surface area (Å²) < 4.78 is 27.6. The highest BCUT2D eigenvalue weighted by Gasteiger charge is 2.35. The van der Waals surface area contributed by atoms with Gasteiger partial charge in [-0.25, -0.2) is 0 Å². The first kappa shape index (κ1) is 23.3. The Labute approximate surface area is 199 Å². The molecule has 0 bridgehead atoms. The second-order valence-electron chi connectivity index (χ2n) is 7.87. The molecule has 7 nitrogen and oxygen atoms in total. The van der Waals surface area contributed by atoms with Gasteiger partial charge in [0.05, 0.1) is 47.2 Å². The number of benzene rings is 3. The van der Waals surface area contributed by atoms with Crippen LogP contribution in [0.5, 0.6) is 28.7 Å². The van der Waals surface area contributed by atoms with E-state index in [1.807, 2.05) is 47.4 Å². The third kappa shape index (κ3) is 4.09. The summed E-state index contributed by atoms with van der Waals surface area (Å²) in [5.41, 5.74) is 3.48. The van der Waals surface area contributed by atoms with Gasteiger partial charge in [0, 0.05) is 6.54 Å². The lowest BCUT2D eigenvalue weighted by Crippen LogP contribution is -2.40. The summed E-state index contributed by atoms with van der Waals surface area (Å²) in [7, 11) is 8.00. The molecular weight excluding hydrogens is 434 g/mol. The molecule has 7 heteroatoms. The van der Waals surface area contributed by atoms with Gasteiger partial charge in [-0.15, -0.1) is 0 Å². The Morgan fingerprint density at radius 1 is 0.735 bits per heavy atom. The molecule has 0 aliphatic carbocycles. The normalized spacial score (nSPS) is 14.7. The van der Waals surface area contributed by atoms with Gasteiger partial charge in [-0.05, 0) is 59.5 Å². The number of methoxy groups -OCH3 is 5. The summed E-state index contributed by atoms with van der Waals surface area (Å²) >= 11 is 0. The Balaban J connectivity index is 1.90. The summed E-state index contributed by atoms with van der Waals surface area (Å²) in [6, 6.07) is 16.6. The lowest BCUT2D eigenvalue weighted by molar-refractivity contribution is 0.0690. The Kier molecular flexibility index (Phi) is 6.82. The zero-order valence-electron chi connectivity index (χ0n) is 20.1. The van der Waals surface area contributed by atoms with Gasteiger partial charge < -0.3 is 28.6 Å². The molecular formula is C27H29NO6. The van der Waals surface area contributed by atoms with E-state index in [4.69, 9.17) is 23.7 Å². The zero-order chi connectivity index (χ0) is 24.2. The molecule has 4 rings (SSSR count). The van der Waals surface area contributed by atoms with E-state index < -0.39 is 0 Å². The maximum atomic E-state index is 13.9. The molecule has 3 aromatic rings. The summed E-state index contributed by atoms with van der Waals surface area (Å²) in [6.07, 6.45) is 0.681. The number of ether oxygens (including phenoxy) is 5. The SMILES string of the molecule is COc1ccc(C2c3cc(OC)c(OC)cc3CCN2C(=O)c2ccccc2OC)cc1OC. The molecule has 0 radical (unpaired) electrons. The quantitative estimate of drug-likeness (QED) is 0.513.